The lowest BCUT2D eigenvalue weighted by molar-refractivity contribution is 0.410. The van der Waals surface area contributed by atoms with Crippen LogP contribution in [-0.4, -0.2) is 5.54 Å². The quantitative estimate of drug-likeness (QED) is 0.745. The largest absolute Gasteiger partial charge is 0.295 e. The lowest BCUT2D eigenvalue weighted by Crippen LogP contribution is -2.39. The van der Waals surface area contributed by atoms with E-state index in [0.29, 0.717) is 6.04 Å². The Kier molecular flexibility index (Phi) is 2.78. The van der Waals surface area contributed by atoms with Gasteiger partial charge in [0.05, 0.1) is 5.54 Å². The zero-order valence-corrected chi connectivity index (χ0v) is 10.3. The monoisotopic (exact) mass is 213 g/mol. The molecule has 0 saturated carbocycles. The maximum absolute atomic E-state index is 5.52. The van der Waals surface area contributed by atoms with E-state index >= 15 is 0 Å². The van der Waals surface area contributed by atoms with Gasteiger partial charge < -0.3 is 0 Å². The SMILES string of the molecule is C#CC(C)(C)NC1CCc2ccc(C)cc21. The summed E-state index contributed by atoms with van der Waals surface area (Å²) in [6, 6.07) is 7.14. The van der Waals surface area contributed by atoms with Crippen molar-refractivity contribution in [2.24, 2.45) is 0 Å². The molecule has 0 aromatic heterocycles. The van der Waals surface area contributed by atoms with Crippen molar-refractivity contribution in [2.45, 2.75) is 45.2 Å². The normalized spacial score (nSPS) is 19.2. The molecule has 84 valence electrons. The van der Waals surface area contributed by atoms with Crippen molar-refractivity contribution in [1.29, 1.82) is 0 Å². The van der Waals surface area contributed by atoms with Gasteiger partial charge in [-0.2, -0.15) is 0 Å². The molecule has 1 aliphatic carbocycles. The van der Waals surface area contributed by atoms with Gasteiger partial charge in [-0.05, 0) is 44.7 Å². The van der Waals surface area contributed by atoms with Crippen molar-refractivity contribution in [3.63, 3.8) is 0 Å². The summed E-state index contributed by atoms with van der Waals surface area (Å²) >= 11 is 0. The molecule has 1 unspecified atom stereocenters. The molecule has 0 aliphatic heterocycles. The maximum Gasteiger partial charge on any atom is 0.0746 e. The third kappa shape index (κ3) is 2.13. The van der Waals surface area contributed by atoms with Crippen molar-refractivity contribution < 1.29 is 0 Å². The summed E-state index contributed by atoms with van der Waals surface area (Å²) in [6.45, 7) is 6.25. The summed E-state index contributed by atoms with van der Waals surface area (Å²) in [7, 11) is 0. The second kappa shape index (κ2) is 3.96. The molecule has 0 fully saturated rings. The predicted molar refractivity (Wildman–Crippen MR) is 68.3 cm³/mol. The standard InChI is InChI=1S/C15H19N/c1-5-15(3,4)16-14-9-8-12-7-6-11(2)10-13(12)14/h1,6-7,10,14,16H,8-9H2,2-4H3. The Hall–Kier alpha value is -1.26. The van der Waals surface area contributed by atoms with E-state index in [1.165, 1.54) is 16.7 Å². The van der Waals surface area contributed by atoms with Gasteiger partial charge in [0.2, 0.25) is 0 Å². The summed E-state index contributed by atoms with van der Waals surface area (Å²) in [5.74, 6) is 2.80. The van der Waals surface area contributed by atoms with Crippen molar-refractivity contribution in [3.8, 4) is 12.3 Å². The second-order valence-corrected chi connectivity index (χ2v) is 5.21. The Balaban J connectivity index is 2.24. The van der Waals surface area contributed by atoms with Crippen molar-refractivity contribution in [3.05, 3.63) is 34.9 Å². The molecule has 1 nitrogen and oxygen atoms in total. The van der Waals surface area contributed by atoms with Gasteiger partial charge in [-0.15, -0.1) is 6.42 Å². The molecule has 0 bridgehead atoms. The number of terminal acetylenes is 1. The molecule has 1 aromatic carbocycles. The summed E-state index contributed by atoms with van der Waals surface area (Å²) in [5.41, 5.74) is 4.00. The fraction of sp³-hybridized carbons (Fsp3) is 0.467. The number of hydrogen-bond donors (Lipinski definition) is 1. The molecule has 1 aromatic rings. The van der Waals surface area contributed by atoms with Gasteiger partial charge in [0.15, 0.2) is 0 Å². The van der Waals surface area contributed by atoms with E-state index in [9.17, 15) is 0 Å². The number of nitrogens with one attached hydrogen (secondary N) is 1. The smallest absolute Gasteiger partial charge is 0.0746 e. The highest BCUT2D eigenvalue weighted by Gasteiger charge is 2.26. The van der Waals surface area contributed by atoms with Crippen LogP contribution in [0.4, 0.5) is 0 Å². The first-order valence-corrected chi connectivity index (χ1v) is 5.87. The lowest BCUT2D eigenvalue weighted by atomic mass is 10.0. The van der Waals surface area contributed by atoms with Crippen LogP contribution in [0.3, 0.4) is 0 Å². The van der Waals surface area contributed by atoms with E-state index in [1.54, 1.807) is 0 Å². The third-order valence-electron chi connectivity index (χ3n) is 3.28. The minimum absolute atomic E-state index is 0.226. The van der Waals surface area contributed by atoms with Crippen molar-refractivity contribution in [2.75, 3.05) is 0 Å². The van der Waals surface area contributed by atoms with Crippen LogP contribution < -0.4 is 5.32 Å². The number of aryl methyl sites for hydroxylation is 2. The summed E-state index contributed by atoms with van der Waals surface area (Å²) in [6.07, 6.45) is 7.84. The van der Waals surface area contributed by atoms with Crippen LogP contribution >= 0.6 is 0 Å². The Morgan fingerprint density at radius 1 is 1.44 bits per heavy atom. The van der Waals surface area contributed by atoms with Crippen LogP contribution in [0.1, 0.15) is 43.0 Å². The molecule has 2 rings (SSSR count). The number of rotatable bonds is 2. The van der Waals surface area contributed by atoms with Crippen LogP contribution in [-0.2, 0) is 6.42 Å². The molecule has 0 saturated heterocycles. The summed E-state index contributed by atoms with van der Waals surface area (Å²) < 4.78 is 0. The highest BCUT2D eigenvalue weighted by molar-refractivity contribution is 5.38. The Labute approximate surface area is 98.3 Å². The fourth-order valence-electron chi connectivity index (χ4n) is 2.35. The molecule has 1 N–H and O–H groups in total. The molecular formula is C15H19N. The van der Waals surface area contributed by atoms with Crippen LogP contribution in [0.2, 0.25) is 0 Å². The Bertz CT molecular complexity index is 437. The highest BCUT2D eigenvalue weighted by Crippen LogP contribution is 2.33. The highest BCUT2D eigenvalue weighted by atomic mass is 15.0. The van der Waals surface area contributed by atoms with E-state index in [0.717, 1.165) is 12.8 Å². The van der Waals surface area contributed by atoms with Crippen LogP contribution in [0.25, 0.3) is 0 Å². The first-order chi connectivity index (χ1) is 7.52. The van der Waals surface area contributed by atoms with Gasteiger partial charge in [0.1, 0.15) is 0 Å². The molecular weight excluding hydrogens is 194 g/mol. The van der Waals surface area contributed by atoms with Gasteiger partial charge in [-0.25, -0.2) is 0 Å². The van der Waals surface area contributed by atoms with Crippen LogP contribution in [0.15, 0.2) is 18.2 Å². The van der Waals surface area contributed by atoms with Crippen molar-refractivity contribution in [1.82, 2.24) is 5.32 Å². The van der Waals surface area contributed by atoms with E-state index in [4.69, 9.17) is 6.42 Å². The third-order valence-corrected chi connectivity index (χ3v) is 3.28. The average Bonchev–Trinajstić information content (AvgIpc) is 2.61. The molecule has 0 heterocycles. The van der Waals surface area contributed by atoms with E-state index in [1.807, 2.05) is 0 Å². The van der Waals surface area contributed by atoms with Crippen molar-refractivity contribution >= 4 is 0 Å². The number of hydrogen-bond acceptors (Lipinski definition) is 1. The maximum atomic E-state index is 5.52. The van der Waals surface area contributed by atoms with E-state index in [-0.39, 0.29) is 5.54 Å². The average molecular weight is 213 g/mol. The Morgan fingerprint density at radius 2 is 2.19 bits per heavy atom. The first-order valence-electron chi connectivity index (χ1n) is 5.87. The number of benzene rings is 1. The molecule has 1 aliphatic rings. The van der Waals surface area contributed by atoms with Gasteiger partial charge in [0, 0.05) is 6.04 Å². The summed E-state index contributed by atoms with van der Waals surface area (Å²) in [4.78, 5) is 0. The zero-order chi connectivity index (χ0) is 11.8. The first kappa shape index (κ1) is 11.2. The fourth-order valence-corrected chi connectivity index (χ4v) is 2.35. The predicted octanol–water partition coefficient (Wildman–Crippen LogP) is 2.98. The molecule has 1 heteroatoms. The summed E-state index contributed by atoms with van der Waals surface area (Å²) in [5, 5.41) is 3.55. The van der Waals surface area contributed by atoms with Gasteiger partial charge >= 0.3 is 0 Å². The molecule has 0 amide bonds. The minimum atomic E-state index is -0.226. The topological polar surface area (TPSA) is 12.0 Å². The van der Waals surface area contributed by atoms with Gasteiger partial charge in [-0.3, -0.25) is 5.32 Å². The van der Waals surface area contributed by atoms with Gasteiger partial charge in [-0.1, -0.05) is 29.7 Å². The molecule has 16 heavy (non-hydrogen) atoms. The van der Waals surface area contributed by atoms with Crippen LogP contribution in [0, 0.1) is 19.3 Å². The molecule has 0 radical (unpaired) electrons. The van der Waals surface area contributed by atoms with E-state index in [2.05, 4.69) is 50.2 Å². The Morgan fingerprint density at radius 3 is 2.88 bits per heavy atom. The number of fused-ring (bicyclic) bond motifs is 1. The van der Waals surface area contributed by atoms with E-state index < -0.39 is 0 Å². The van der Waals surface area contributed by atoms with Crippen LogP contribution in [0.5, 0.6) is 0 Å². The molecule has 1 atom stereocenters. The van der Waals surface area contributed by atoms with Gasteiger partial charge in [0.25, 0.3) is 0 Å². The second-order valence-electron chi connectivity index (χ2n) is 5.21. The molecule has 0 spiro atoms. The minimum Gasteiger partial charge on any atom is -0.295 e. The zero-order valence-electron chi connectivity index (χ0n) is 10.3. The lowest BCUT2D eigenvalue weighted by Gasteiger charge is -2.25.